The maximum atomic E-state index is 11.8. The number of hydrogen-bond acceptors (Lipinski definition) is 2. The molecule has 1 rings (SSSR count). The Morgan fingerprint density at radius 2 is 1.93 bits per heavy atom. The average molecular weight is 212 g/mol. The topological polar surface area (TPSA) is 26.3 Å². The van der Waals surface area contributed by atoms with Crippen molar-refractivity contribution in [3.8, 4) is 0 Å². The summed E-state index contributed by atoms with van der Waals surface area (Å²) in [7, 11) is 0. The van der Waals surface area contributed by atoms with E-state index in [1.165, 1.54) is 12.8 Å². The fourth-order valence-electron chi connectivity index (χ4n) is 2.45. The Kier molecular flexibility index (Phi) is 4.18. The van der Waals surface area contributed by atoms with Crippen LogP contribution >= 0.6 is 0 Å². The third kappa shape index (κ3) is 2.96. The zero-order valence-corrected chi connectivity index (χ0v) is 10.5. The summed E-state index contributed by atoms with van der Waals surface area (Å²) in [4.78, 5) is 11.8. The zero-order chi connectivity index (χ0) is 11.5. The van der Waals surface area contributed by atoms with E-state index >= 15 is 0 Å². The minimum absolute atomic E-state index is 0.00667. The summed E-state index contributed by atoms with van der Waals surface area (Å²) in [6.07, 6.45) is 4.34. The SMILES string of the molecule is CCOC(=O)[C@]1(C)CC[C@@H](C(C)C)CC1. The van der Waals surface area contributed by atoms with Crippen molar-refractivity contribution < 1.29 is 9.53 Å². The molecule has 0 spiro atoms. The van der Waals surface area contributed by atoms with Crippen molar-refractivity contribution in [2.24, 2.45) is 17.3 Å². The van der Waals surface area contributed by atoms with Crippen LogP contribution in [0.4, 0.5) is 0 Å². The normalized spacial score (nSPS) is 31.7. The number of ether oxygens (including phenoxy) is 1. The summed E-state index contributed by atoms with van der Waals surface area (Å²) in [5.74, 6) is 1.55. The number of carbonyl (C=O) groups excluding carboxylic acids is 1. The van der Waals surface area contributed by atoms with Crippen LogP contribution in [0.25, 0.3) is 0 Å². The van der Waals surface area contributed by atoms with Crippen molar-refractivity contribution >= 4 is 5.97 Å². The molecular formula is C13H24O2. The largest absolute Gasteiger partial charge is 0.466 e. The highest BCUT2D eigenvalue weighted by Crippen LogP contribution is 2.41. The molecule has 0 heterocycles. The van der Waals surface area contributed by atoms with Crippen LogP contribution in [0.1, 0.15) is 53.4 Å². The van der Waals surface area contributed by atoms with Gasteiger partial charge in [-0.25, -0.2) is 0 Å². The van der Waals surface area contributed by atoms with Gasteiger partial charge in [-0.15, -0.1) is 0 Å². The molecular weight excluding hydrogens is 188 g/mol. The lowest BCUT2D eigenvalue weighted by Crippen LogP contribution is -2.35. The Bertz CT molecular complexity index is 213. The maximum Gasteiger partial charge on any atom is 0.311 e. The van der Waals surface area contributed by atoms with Crippen LogP contribution in [0.15, 0.2) is 0 Å². The molecule has 1 aliphatic rings. The minimum Gasteiger partial charge on any atom is -0.466 e. The van der Waals surface area contributed by atoms with Gasteiger partial charge in [0.1, 0.15) is 0 Å². The van der Waals surface area contributed by atoms with E-state index in [2.05, 4.69) is 20.8 Å². The second kappa shape index (κ2) is 5.00. The highest BCUT2D eigenvalue weighted by Gasteiger charge is 2.39. The van der Waals surface area contributed by atoms with E-state index in [9.17, 15) is 4.79 Å². The second-order valence-electron chi connectivity index (χ2n) is 5.36. The molecule has 0 radical (unpaired) electrons. The first-order chi connectivity index (χ1) is 6.99. The minimum atomic E-state index is -0.207. The lowest BCUT2D eigenvalue weighted by atomic mass is 9.69. The fourth-order valence-corrected chi connectivity index (χ4v) is 2.45. The molecule has 2 heteroatoms. The molecule has 0 aromatic rings. The molecule has 15 heavy (non-hydrogen) atoms. The van der Waals surface area contributed by atoms with Gasteiger partial charge in [-0.3, -0.25) is 4.79 Å². The Morgan fingerprint density at radius 3 is 2.33 bits per heavy atom. The standard InChI is InChI=1S/C13H24O2/c1-5-15-12(14)13(4)8-6-11(7-9-13)10(2)3/h10-11H,5-9H2,1-4H3/t11-,13-. The van der Waals surface area contributed by atoms with Crippen molar-refractivity contribution in [3.63, 3.8) is 0 Å². The molecule has 0 amide bonds. The van der Waals surface area contributed by atoms with Crippen molar-refractivity contribution in [3.05, 3.63) is 0 Å². The highest BCUT2D eigenvalue weighted by molar-refractivity contribution is 5.76. The lowest BCUT2D eigenvalue weighted by molar-refractivity contribution is -0.157. The van der Waals surface area contributed by atoms with Crippen LogP contribution in [0.2, 0.25) is 0 Å². The predicted octanol–water partition coefficient (Wildman–Crippen LogP) is 3.40. The first-order valence-corrected chi connectivity index (χ1v) is 6.17. The van der Waals surface area contributed by atoms with Crippen molar-refractivity contribution in [2.45, 2.75) is 53.4 Å². The molecule has 0 N–H and O–H groups in total. The molecule has 0 bridgehead atoms. The summed E-state index contributed by atoms with van der Waals surface area (Å²) in [6, 6.07) is 0. The lowest BCUT2D eigenvalue weighted by Gasteiger charge is -2.36. The summed E-state index contributed by atoms with van der Waals surface area (Å²) in [6.45, 7) is 8.99. The van der Waals surface area contributed by atoms with Gasteiger partial charge in [-0.1, -0.05) is 13.8 Å². The Balaban J connectivity index is 2.50. The smallest absolute Gasteiger partial charge is 0.311 e. The van der Waals surface area contributed by atoms with E-state index in [4.69, 9.17) is 4.74 Å². The molecule has 1 saturated carbocycles. The molecule has 0 aromatic heterocycles. The van der Waals surface area contributed by atoms with Gasteiger partial charge in [-0.05, 0) is 51.4 Å². The molecule has 0 aliphatic heterocycles. The Morgan fingerprint density at radius 1 is 1.40 bits per heavy atom. The molecule has 1 aliphatic carbocycles. The fraction of sp³-hybridized carbons (Fsp3) is 0.923. The van der Waals surface area contributed by atoms with Crippen LogP contribution in [0.3, 0.4) is 0 Å². The predicted molar refractivity (Wildman–Crippen MR) is 61.5 cm³/mol. The maximum absolute atomic E-state index is 11.8. The molecule has 0 unspecified atom stereocenters. The molecule has 0 aromatic carbocycles. The van der Waals surface area contributed by atoms with Gasteiger partial charge in [0, 0.05) is 0 Å². The first kappa shape index (κ1) is 12.5. The van der Waals surface area contributed by atoms with E-state index in [1.807, 2.05) is 6.92 Å². The summed E-state index contributed by atoms with van der Waals surface area (Å²) in [5.41, 5.74) is -0.207. The third-order valence-corrected chi connectivity index (χ3v) is 3.84. The quantitative estimate of drug-likeness (QED) is 0.670. The number of rotatable bonds is 3. The second-order valence-corrected chi connectivity index (χ2v) is 5.36. The van der Waals surface area contributed by atoms with E-state index in [1.54, 1.807) is 0 Å². The van der Waals surface area contributed by atoms with Gasteiger partial charge in [0.25, 0.3) is 0 Å². The monoisotopic (exact) mass is 212 g/mol. The van der Waals surface area contributed by atoms with Crippen LogP contribution < -0.4 is 0 Å². The van der Waals surface area contributed by atoms with Gasteiger partial charge in [0.05, 0.1) is 12.0 Å². The van der Waals surface area contributed by atoms with Crippen LogP contribution in [0.5, 0.6) is 0 Å². The third-order valence-electron chi connectivity index (χ3n) is 3.84. The zero-order valence-electron chi connectivity index (χ0n) is 10.5. The molecule has 88 valence electrons. The number of carbonyl (C=O) groups is 1. The van der Waals surface area contributed by atoms with E-state index in [-0.39, 0.29) is 11.4 Å². The number of esters is 1. The van der Waals surface area contributed by atoms with Crippen LogP contribution in [-0.2, 0) is 9.53 Å². The van der Waals surface area contributed by atoms with Gasteiger partial charge >= 0.3 is 5.97 Å². The van der Waals surface area contributed by atoms with Crippen molar-refractivity contribution in [2.75, 3.05) is 6.61 Å². The van der Waals surface area contributed by atoms with Gasteiger partial charge in [-0.2, -0.15) is 0 Å². The van der Waals surface area contributed by atoms with Crippen LogP contribution in [-0.4, -0.2) is 12.6 Å². The molecule has 2 nitrogen and oxygen atoms in total. The van der Waals surface area contributed by atoms with Gasteiger partial charge in [0.2, 0.25) is 0 Å². The average Bonchev–Trinajstić information content (AvgIpc) is 2.18. The Hall–Kier alpha value is -0.530. The van der Waals surface area contributed by atoms with E-state index < -0.39 is 0 Å². The van der Waals surface area contributed by atoms with Gasteiger partial charge < -0.3 is 4.74 Å². The van der Waals surface area contributed by atoms with Crippen molar-refractivity contribution in [1.29, 1.82) is 0 Å². The summed E-state index contributed by atoms with van der Waals surface area (Å²) >= 11 is 0. The van der Waals surface area contributed by atoms with E-state index in [0.29, 0.717) is 6.61 Å². The van der Waals surface area contributed by atoms with Crippen LogP contribution in [0, 0.1) is 17.3 Å². The van der Waals surface area contributed by atoms with E-state index in [0.717, 1.165) is 24.7 Å². The Labute approximate surface area is 93.4 Å². The van der Waals surface area contributed by atoms with Crippen molar-refractivity contribution in [1.82, 2.24) is 0 Å². The molecule has 1 fully saturated rings. The van der Waals surface area contributed by atoms with Gasteiger partial charge in [0.15, 0.2) is 0 Å². The first-order valence-electron chi connectivity index (χ1n) is 6.17. The molecule has 0 atom stereocenters. The molecule has 0 saturated heterocycles. The number of hydrogen-bond donors (Lipinski definition) is 0. The highest BCUT2D eigenvalue weighted by atomic mass is 16.5. The summed E-state index contributed by atoms with van der Waals surface area (Å²) < 4.78 is 5.14. The summed E-state index contributed by atoms with van der Waals surface area (Å²) in [5, 5.41) is 0.